The van der Waals surface area contributed by atoms with Gasteiger partial charge in [0.1, 0.15) is 5.75 Å². The lowest BCUT2D eigenvalue weighted by molar-refractivity contribution is -0.189. The lowest BCUT2D eigenvalue weighted by atomic mass is 9.97. The molecule has 0 aliphatic rings. The van der Waals surface area contributed by atoms with Crippen LogP contribution in [0.15, 0.2) is 73.1 Å². The summed E-state index contributed by atoms with van der Waals surface area (Å²) in [6.45, 7) is 0. The van der Waals surface area contributed by atoms with E-state index in [0.717, 1.165) is 48.8 Å². The number of benzene rings is 2. The summed E-state index contributed by atoms with van der Waals surface area (Å²) in [7, 11) is 0. The molecule has 1 amide bonds. The number of nitrogens with one attached hydrogen (secondary N) is 1. The summed E-state index contributed by atoms with van der Waals surface area (Å²) >= 11 is 0. The van der Waals surface area contributed by atoms with E-state index in [4.69, 9.17) is 0 Å². The third-order valence-corrected chi connectivity index (χ3v) is 5.66. The van der Waals surface area contributed by atoms with Gasteiger partial charge in [0.25, 0.3) is 5.91 Å². The molecule has 2 heterocycles. The highest BCUT2D eigenvalue weighted by molar-refractivity contribution is 6.00. The highest BCUT2D eigenvalue weighted by Crippen LogP contribution is 2.37. The van der Waals surface area contributed by atoms with Crippen molar-refractivity contribution < 1.29 is 53.8 Å². The molecule has 214 valence electrons. The SMILES string of the molecule is O=C(N[C@@H](c1ccc(C(F)(F)F)cc1)c1ncccc1C(F)(F)F)c1ccc2nccc(OC(=O)C(F)(F)F)c2c1. The fourth-order valence-electron chi connectivity index (χ4n) is 3.78. The zero-order valence-electron chi connectivity index (χ0n) is 20.0. The Bertz CT molecular complexity index is 1600. The van der Waals surface area contributed by atoms with E-state index in [-0.39, 0.29) is 22.0 Å². The first-order chi connectivity index (χ1) is 19.1. The Hall–Kier alpha value is -4.69. The molecule has 1 atom stereocenters. The first-order valence-electron chi connectivity index (χ1n) is 11.2. The molecule has 4 rings (SSSR count). The van der Waals surface area contributed by atoms with Crippen molar-refractivity contribution in [1.82, 2.24) is 15.3 Å². The fourth-order valence-corrected chi connectivity index (χ4v) is 3.78. The molecule has 0 bridgehead atoms. The van der Waals surface area contributed by atoms with Crippen molar-refractivity contribution in [1.29, 1.82) is 0 Å². The zero-order chi connectivity index (χ0) is 30.2. The Balaban J connectivity index is 1.76. The van der Waals surface area contributed by atoms with E-state index >= 15 is 0 Å². The van der Waals surface area contributed by atoms with Crippen LogP contribution in [0.2, 0.25) is 0 Å². The van der Waals surface area contributed by atoms with E-state index < -0.39 is 59.0 Å². The first-order valence-corrected chi connectivity index (χ1v) is 11.2. The van der Waals surface area contributed by atoms with Crippen molar-refractivity contribution in [2.45, 2.75) is 24.6 Å². The standard InChI is InChI=1S/C26H14F9N3O3/c27-24(28,29)15-6-3-13(4-7-15)20(21-17(25(30,31)32)2-1-10-37-21)38-22(39)14-5-8-18-16(12-14)19(9-11-36-18)41-23(40)26(33,34)35/h1-12,20H,(H,38,39)/t20-/m0/s1. The first kappa shape index (κ1) is 29.3. The molecule has 0 radical (unpaired) electrons. The van der Waals surface area contributed by atoms with Gasteiger partial charge in [-0.2, -0.15) is 39.5 Å². The van der Waals surface area contributed by atoms with Gasteiger partial charge in [-0.3, -0.25) is 14.8 Å². The van der Waals surface area contributed by atoms with Crippen molar-refractivity contribution in [2.75, 3.05) is 0 Å². The average molecular weight is 587 g/mol. The van der Waals surface area contributed by atoms with Crippen LogP contribution >= 0.6 is 0 Å². The van der Waals surface area contributed by atoms with Crippen LogP contribution in [0.5, 0.6) is 5.75 Å². The number of hydrogen-bond acceptors (Lipinski definition) is 5. The number of ether oxygens (including phenoxy) is 1. The van der Waals surface area contributed by atoms with Crippen molar-refractivity contribution >= 4 is 22.8 Å². The second-order valence-electron chi connectivity index (χ2n) is 8.39. The number of rotatable bonds is 5. The molecule has 0 aliphatic carbocycles. The number of aromatic nitrogens is 2. The monoisotopic (exact) mass is 587 g/mol. The van der Waals surface area contributed by atoms with Crippen LogP contribution in [0.4, 0.5) is 39.5 Å². The molecule has 0 spiro atoms. The number of carbonyl (C=O) groups is 2. The van der Waals surface area contributed by atoms with E-state index in [9.17, 15) is 49.1 Å². The number of carbonyl (C=O) groups excluding carboxylic acids is 2. The van der Waals surface area contributed by atoms with Gasteiger partial charge in [0.2, 0.25) is 0 Å². The summed E-state index contributed by atoms with van der Waals surface area (Å²) in [5.41, 5.74) is -3.57. The number of fused-ring (bicyclic) bond motifs is 1. The number of esters is 1. The van der Waals surface area contributed by atoms with Crippen LogP contribution in [-0.4, -0.2) is 28.0 Å². The molecule has 4 aromatic rings. The van der Waals surface area contributed by atoms with Crippen LogP contribution in [0.1, 0.15) is 38.8 Å². The van der Waals surface area contributed by atoms with Gasteiger partial charge in [-0.15, -0.1) is 0 Å². The molecule has 2 aromatic heterocycles. The highest BCUT2D eigenvalue weighted by atomic mass is 19.4. The summed E-state index contributed by atoms with van der Waals surface area (Å²) in [4.78, 5) is 32.2. The molecule has 15 heteroatoms. The quantitative estimate of drug-likeness (QED) is 0.209. The van der Waals surface area contributed by atoms with Crippen molar-refractivity contribution in [3.8, 4) is 5.75 Å². The van der Waals surface area contributed by atoms with Gasteiger partial charge < -0.3 is 10.1 Å². The molecule has 0 fully saturated rings. The van der Waals surface area contributed by atoms with Gasteiger partial charge in [-0.05, 0) is 54.1 Å². The Morgan fingerprint density at radius 2 is 1.46 bits per heavy atom. The van der Waals surface area contributed by atoms with Gasteiger partial charge in [0, 0.05) is 23.3 Å². The van der Waals surface area contributed by atoms with E-state index in [0.29, 0.717) is 18.2 Å². The lowest BCUT2D eigenvalue weighted by Gasteiger charge is -2.23. The minimum atomic E-state index is -5.33. The maximum Gasteiger partial charge on any atom is 0.491 e. The summed E-state index contributed by atoms with van der Waals surface area (Å²) in [5, 5.41) is 2.08. The molecule has 2 aromatic carbocycles. The third-order valence-electron chi connectivity index (χ3n) is 5.66. The molecule has 6 nitrogen and oxygen atoms in total. The van der Waals surface area contributed by atoms with Crippen LogP contribution in [0, 0.1) is 0 Å². The van der Waals surface area contributed by atoms with Gasteiger partial charge in [0.15, 0.2) is 0 Å². The Labute approximate surface area is 223 Å². The number of amides is 1. The minimum absolute atomic E-state index is 0.0115. The van der Waals surface area contributed by atoms with Crippen LogP contribution < -0.4 is 10.1 Å². The minimum Gasteiger partial charge on any atom is -0.419 e. The largest absolute Gasteiger partial charge is 0.491 e. The molecule has 41 heavy (non-hydrogen) atoms. The molecule has 0 aliphatic heterocycles. The van der Waals surface area contributed by atoms with Crippen LogP contribution in [0.25, 0.3) is 10.9 Å². The maximum atomic E-state index is 13.8. The predicted octanol–water partition coefficient (Wildman–Crippen LogP) is 6.65. The van der Waals surface area contributed by atoms with Gasteiger partial charge in [-0.1, -0.05) is 12.1 Å². The van der Waals surface area contributed by atoms with Crippen molar-refractivity contribution in [3.63, 3.8) is 0 Å². The van der Waals surface area contributed by atoms with E-state index in [1.165, 1.54) is 6.07 Å². The van der Waals surface area contributed by atoms with E-state index in [1.807, 2.05) is 0 Å². The van der Waals surface area contributed by atoms with E-state index in [1.54, 1.807) is 0 Å². The summed E-state index contributed by atoms with van der Waals surface area (Å²) < 4.78 is 123. The van der Waals surface area contributed by atoms with Gasteiger partial charge >= 0.3 is 24.5 Å². The van der Waals surface area contributed by atoms with Crippen molar-refractivity contribution in [3.05, 3.63) is 101 Å². The summed E-state index contributed by atoms with van der Waals surface area (Å²) in [6.07, 6.45) is -13.0. The van der Waals surface area contributed by atoms with Crippen molar-refractivity contribution in [2.24, 2.45) is 0 Å². The number of pyridine rings is 2. The number of halogens is 9. The summed E-state index contributed by atoms with van der Waals surface area (Å²) in [6, 6.07) is 7.19. The number of hydrogen-bond donors (Lipinski definition) is 1. The molecule has 0 saturated heterocycles. The third kappa shape index (κ3) is 6.56. The maximum absolute atomic E-state index is 13.8. The topological polar surface area (TPSA) is 81.2 Å². The fraction of sp³-hybridized carbons (Fsp3) is 0.154. The lowest BCUT2D eigenvalue weighted by Crippen LogP contribution is -2.31. The molecule has 0 saturated carbocycles. The second-order valence-corrected chi connectivity index (χ2v) is 8.39. The van der Waals surface area contributed by atoms with Gasteiger partial charge in [0.05, 0.1) is 28.4 Å². The van der Waals surface area contributed by atoms with Crippen LogP contribution in [0.3, 0.4) is 0 Å². The Morgan fingerprint density at radius 3 is 2.07 bits per heavy atom. The Kier molecular flexibility index (Phi) is 7.65. The normalized spacial score (nSPS) is 13.1. The molecule has 0 unspecified atom stereocenters. The van der Waals surface area contributed by atoms with Gasteiger partial charge in [-0.25, -0.2) is 4.79 Å². The smallest absolute Gasteiger partial charge is 0.419 e. The zero-order valence-corrected chi connectivity index (χ0v) is 20.0. The Morgan fingerprint density at radius 1 is 0.780 bits per heavy atom. The number of nitrogens with zero attached hydrogens (tertiary/aromatic N) is 2. The molecule has 1 N–H and O–H groups in total. The second kappa shape index (κ2) is 10.7. The molecular weight excluding hydrogens is 573 g/mol. The molecular formula is C26H14F9N3O3. The van der Waals surface area contributed by atoms with E-state index in [2.05, 4.69) is 20.0 Å². The van der Waals surface area contributed by atoms with Crippen LogP contribution in [-0.2, 0) is 17.1 Å². The average Bonchev–Trinajstić information content (AvgIpc) is 2.90. The predicted molar refractivity (Wildman–Crippen MR) is 123 cm³/mol. The summed E-state index contributed by atoms with van der Waals surface area (Å²) in [5.74, 6) is -4.22. The highest BCUT2D eigenvalue weighted by Gasteiger charge is 2.42. The number of alkyl halides is 9.